The summed E-state index contributed by atoms with van der Waals surface area (Å²) < 4.78 is 13.1. The topological polar surface area (TPSA) is 60.9 Å². The van der Waals surface area contributed by atoms with Crippen molar-refractivity contribution in [2.24, 2.45) is 0 Å². The Labute approximate surface area is 172 Å². The Hall–Kier alpha value is -2.77. The average molecular weight is 416 g/mol. The monoisotopic (exact) mass is 415 g/mol. The second-order valence-electron chi connectivity index (χ2n) is 7.10. The van der Waals surface area contributed by atoms with E-state index < -0.39 is 11.9 Å². The van der Waals surface area contributed by atoms with Gasteiger partial charge in [0.25, 0.3) is 11.8 Å². The number of hydrogen-bond donors (Lipinski definition) is 0. The fraction of sp³-hybridized carbons (Fsp3) is 0.286. The molecule has 2 aliphatic heterocycles. The molecule has 0 aromatic heterocycles. The Balaban J connectivity index is 1.40. The lowest BCUT2D eigenvalue weighted by molar-refractivity contribution is -0.123. The van der Waals surface area contributed by atoms with E-state index in [0.29, 0.717) is 42.5 Å². The molecule has 2 aromatic carbocycles. The molecule has 2 heterocycles. The van der Waals surface area contributed by atoms with Gasteiger partial charge in [0.05, 0.1) is 18.2 Å². The van der Waals surface area contributed by atoms with Crippen molar-refractivity contribution in [3.05, 3.63) is 64.9 Å². The largest absolute Gasteiger partial charge is 0.336 e. The van der Waals surface area contributed by atoms with Crippen molar-refractivity contribution in [3.8, 4) is 0 Å². The Kier molecular flexibility index (Phi) is 5.34. The Morgan fingerprint density at radius 1 is 0.931 bits per heavy atom. The SMILES string of the molecule is O=C(c1ccc(Cl)cc1)N1CCN([C@@H]2CC(=O)N(c3ccc(F)cc3)C2=O)CC1. The molecule has 4 rings (SSSR count). The zero-order chi connectivity index (χ0) is 20.5. The van der Waals surface area contributed by atoms with Gasteiger partial charge in [-0.15, -0.1) is 0 Å². The van der Waals surface area contributed by atoms with Crippen molar-refractivity contribution in [3.63, 3.8) is 0 Å². The molecule has 0 aliphatic carbocycles. The van der Waals surface area contributed by atoms with Crippen LogP contribution in [-0.4, -0.2) is 59.7 Å². The number of carbonyl (C=O) groups is 3. The van der Waals surface area contributed by atoms with E-state index in [2.05, 4.69) is 0 Å². The molecule has 0 unspecified atom stereocenters. The van der Waals surface area contributed by atoms with Crippen molar-refractivity contribution in [2.75, 3.05) is 31.1 Å². The van der Waals surface area contributed by atoms with Crippen LogP contribution < -0.4 is 4.90 Å². The molecule has 0 saturated carbocycles. The molecule has 6 nitrogen and oxygen atoms in total. The Morgan fingerprint density at radius 2 is 1.55 bits per heavy atom. The molecule has 29 heavy (non-hydrogen) atoms. The number of amides is 3. The molecule has 8 heteroatoms. The van der Waals surface area contributed by atoms with E-state index in [0.717, 1.165) is 4.90 Å². The molecule has 0 spiro atoms. The van der Waals surface area contributed by atoms with Crippen LogP contribution >= 0.6 is 11.6 Å². The number of carbonyl (C=O) groups excluding carboxylic acids is 3. The van der Waals surface area contributed by atoms with Crippen LogP contribution in [0.1, 0.15) is 16.8 Å². The molecule has 0 bridgehead atoms. The lowest BCUT2D eigenvalue weighted by Crippen LogP contribution is -2.53. The van der Waals surface area contributed by atoms with Gasteiger partial charge in [0, 0.05) is 36.8 Å². The van der Waals surface area contributed by atoms with Crippen molar-refractivity contribution in [1.82, 2.24) is 9.80 Å². The van der Waals surface area contributed by atoms with Gasteiger partial charge in [0.1, 0.15) is 5.82 Å². The van der Waals surface area contributed by atoms with Gasteiger partial charge >= 0.3 is 0 Å². The highest BCUT2D eigenvalue weighted by molar-refractivity contribution is 6.30. The van der Waals surface area contributed by atoms with Crippen LogP contribution in [0.5, 0.6) is 0 Å². The fourth-order valence-corrected chi connectivity index (χ4v) is 3.90. The fourth-order valence-electron chi connectivity index (χ4n) is 3.77. The molecule has 2 fully saturated rings. The minimum Gasteiger partial charge on any atom is -0.336 e. The van der Waals surface area contributed by atoms with Crippen molar-refractivity contribution in [1.29, 1.82) is 0 Å². The summed E-state index contributed by atoms with van der Waals surface area (Å²) in [6.07, 6.45) is 0.0847. The van der Waals surface area contributed by atoms with E-state index in [9.17, 15) is 18.8 Å². The Morgan fingerprint density at radius 3 is 2.17 bits per heavy atom. The minimum absolute atomic E-state index is 0.0805. The van der Waals surface area contributed by atoms with E-state index in [1.807, 2.05) is 4.90 Å². The highest BCUT2D eigenvalue weighted by Crippen LogP contribution is 2.26. The Bertz CT molecular complexity index is 941. The molecule has 2 aromatic rings. The number of anilines is 1. The van der Waals surface area contributed by atoms with Gasteiger partial charge in [0.2, 0.25) is 5.91 Å². The van der Waals surface area contributed by atoms with E-state index in [1.54, 1.807) is 29.2 Å². The first kappa shape index (κ1) is 19.5. The van der Waals surface area contributed by atoms with Gasteiger partial charge in [-0.25, -0.2) is 9.29 Å². The highest BCUT2D eigenvalue weighted by Gasteiger charge is 2.43. The third kappa shape index (κ3) is 3.88. The van der Waals surface area contributed by atoms with Crippen molar-refractivity contribution >= 4 is 35.0 Å². The van der Waals surface area contributed by atoms with Crippen molar-refractivity contribution in [2.45, 2.75) is 12.5 Å². The summed E-state index contributed by atoms with van der Waals surface area (Å²) in [5.74, 6) is -1.11. The van der Waals surface area contributed by atoms with Gasteiger partial charge in [-0.3, -0.25) is 19.3 Å². The summed E-state index contributed by atoms with van der Waals surface area (Å²) in [6, 6.07) is 11.5. The first-order valence-electron chi connectivity index (χ1n) is 9.35. The lowest BCUT2D eigenvalue weighted by Gasteiger charge is -2.37. The van der Waals surface area contributed by atoms with Crippen LogP contribution in [0.4, 0.5) is 10.1 Å². The number of halogens is 2. The number of nitrogens with zero attached hydrogens (tertiary/aromatic N) is 3. The van der Waals surface area contributed by atoms with Gasteiger partial charge in [-0.05, 0) is 48.5 Å². The van der Waals surface area contributed by atoms with Crippen LogP contribution in [0, 0.1) is 5.82 Å². The molecule has 1 atom stereocenters. The van der Waals surface area contributed by atoms with Crippen LogP contribution in [0.15, 0.2) is 48.5 Å². The van der Waals surface area contributed by atoms with Crippen molar-refractivity contribution < 1.29 is 18.8 Å². The number of imide groups is 1. The molecule has 2 aliphatic rings. The van der Waals surface area contributed by atoms with E-state index in [1.165, 1.54) is 24.3 Å². The summed E-state index contributed by atoms with van der Waals surface area (Å²) >= 11 is 5.87. The van der Waals surface area contributed by atoms with E-state index in [4.69, 9.17) is 11.6 Å². The van der Waals surface area contributed by atoms with Crippen LogP contribution in [0.2, 0.25) is 5.02 Å². The number of benzene rings is 2. The second-order valence-corrected chi connectivity index (χ2v) is 7.54. The first-order valence-corrected chi connectivity index (χ1v) is 9.73. The molecule has 2 saturated heterocycles. The smallest absolute Gasteiger partial charge is 0.253 e. The zero-order valence-electron chi connectivity index (χ0n) is 15.6. The average Bonchev–Trinajstić information content (AvgIpc) is 3.03. The minimum atomic E-state index is -0.555. The van der Waals surface area contributed by atoms with Crippen LogP contribution in [0.25, 0.3) is 0 Å². The zero-order valence-corrected chi connectivity index (χ0v) is 16.3. The normalized spacial score (nSPS) is 20.4. The summed E-state index contributed by atoms with van der Waals surface area (Å²) in [7, 11) is 0. The van der Waals surface area contributed by atoms with Gasteiger partial charge in [-0.2, -0.15) is 0 Å². The molecule has 150 valence electrons. The summed E-state index contributed by atoms with van der Waals surface area (Å²) in [5, 5.41) is 0.571. The van der Waals surface area contributed by atoms with E-state index in [-0.39, 0.29) is 24.1 Å². The van der Waals surface area contributed by atoms with Gasteiger partial charge in [0.15, 0.2) is 0 Å². The number of hydrogen-bond acceptors (Lipinski definition) is 4. The molecule has 3 amide bonds. The first-order chi connectivity index (χ1) is 13.9. The number of piperazine rings is 1. The third-order valence-electron chi connectivity index (χ3n) is 5.34. The summed E-state index contributed by atoms with van der Waals surface area (Å²) in [6.45, 7) is 1.94. The third-order valence-corrected chi connectivity index (χ3v) is 5.59. The molecular weight excluding hydrogens is 397 g/mol. The lowest BCUT2D eigenvalue weighted by atomic mass is 10.1. The standard InChI is InChI=1S/C21H19ClFN3O3/c22-15-3-1-14(2-4-15)20(28)25-11-9-24(10-12-25)18-13-19(27)26(21(18)29)17-7-5-16(23)6-8-17/h1-8,18H,9-13H2/t18-/m1/s1. The second kappa shape index (κ2) is 7.93. The molecule has 0 N–H and O–H groups in total. The van der Waals surface area contributed by atoms with Gasteiger partial charge < -0.3 is 4.90 Å². The molecular formula is C21H19ClFN3O3. The maximum Gasteiger partial charge on any atom is 0.253 e. The maximum absolute atomic E-state index is 13.1. The highest BCUT2D eigenvalue weighted by atomic mass is 35.5. The predicted octanol–water partition coefficient (Wildman–Crippen LogP) is 2.57. The summed E-state index contributed by atoms with van der Waals surface area (Å²) in [5.41, 5.74) is 0.943. The predicted molar refractivity (Wildman–Crippen MR) is 106 cm³/mol. The number of rotatable bonds is 3. The quantitative estimate of drug-likeness (QED) is 0.723. The maximum atomic E-state index is 13.1. The molecule has 0 radical (unpaired) electrons. The van der Waals surface area contributed by atoms with Crippen LogP contribution in [-0.2, 0) is 9.59 Å². The van der Waals surface area contributed by atoms with E-state index >= 15 is 0 Å². The van der Waals surface area contributed by atoms with Crippen LogP contribution in [0.3, 0.4) is 0 Å². The summed E-state index contributed by atoms with van der Waals surface area (Å²) in [4.78, 5) is 42.7. The van der Waals surface area contributed by atoms with Gasteiger partial charge in [-0.1, -0.05) is 11.6 Å².